The van der Waals surface area contributed by atoms with Gasteiger partial charge in [0.15, 0.2) is 0 Å². The maximum Gasteiger partial charge on any atom is 0.501 e. The molecule has 3 amide bonds. The van der Waals surface area contributed by atoms with E-state index in [1.807, 2.05) is 19.9 Å². The number of carbonyl (C=O) groups excluding carboxylic acids is 2. The highest BCUT2D eigenvalue weighted by Gasteiger charge is 2.52. The average molecular weight is 469 g/mol. The van der Waals surface area contributed by atoms with Gasteiger partial charge in [-0.3, -0.25) is 9.78 Å². The Bertz CT molecular complexity index is 1160. The highest BCUT2D eigenvalue weighted by Crippen LogP contribution is 2.35. The van der Waals surface area contributed by atoms with Gasteiger partial charge in [-0.15, -0.1) is 0 Å². The van der Waals surface area contributed by atoms with Crippen LogP contribution in [0.25, 0.3) is 0 Å². The summed E-state index contributed by atoms with van der Waals surface area (Å²) in [6, 6.07) is 6.40. The summed E-state index contributed by atoms with van der Waals surface area (Å²) in [6.07, 6.45) is 1.62. The molecule has 0 unspecified atom stereocenters. The minimum absolute atomic E-state index is 0.0192. The van der Waals surface area contributed by atoms with Crippen molar-refractivity contribution in [3.63, 3.8) is 0 Å². The Labute approximate surface area is 183 Å². The zero-order valence-electron chi connectivity index (χ0n) is 17.8. The highest BCUT2D eigenvalue weighted by atomic mass is 32.2. The number of nitrogens with zero attached hydrogens (tertiary/aromatic N) is 3. The molecule has 0 atom stereocenters. The van der Waals surface area contributed by atoms with Crippen LogP contribution in [-0.2, 0) is 21.2 Å². The number of halogens is 3. The minimum Gasteiger partial charge on any atom is -0.305 e. The van der Waals surface area contributed by atoms with E-state index < -0.39 is 37.7 Å². The lowest BCUT2D eigenvalue weighted by Gasteiger charge is -2.27. The Morgan fingerprint density at radius 2 is 1.66 bits per heavy atom. The molecule has 7 nitrogen and oxygen atoms in total. The van der Waals surface area contributed by atoms with E-state index in [2.05, 4.69) is 4.98 Å². The largest absolute Gasteiger partial charge is 0.501 e. The summed E-state index contributed by atoms with van der Waals surface area (Å²) in [5, 5.41) is 0. The molecule has 0 N–H and O–H groups in total. The molecule has 172 valence electrons. The fraction of sp³-hybridized carbons (Fsp3) is 0.381. The van der Waals surface area contributed by atoms with E-state index in [1.54, 1.807) is 26.1 Å². The quantitative estimate of drug-likeness (QED) is 0.611. The Morgan fingerprint density at radius 3 is 2.19 bits per heavy atom. The smallest absolute Gasteiger partial charge is 0.305 e. The van der Waals surface area contributed by atoms with E-state index in [9.17, 15) is 31.2 Å². The first-order chi connectivity index (χ1) is 14.7. The summed E-state index contributed by atoms with van der Waals surface area (Å²) in [7, 11) is -5.53. The first-order valence-electron chi connectivity index (χ1n) is 9.70. The molecule has 1 aliphatic rings. The van der Waals surface area contributed by atoms with Crippen molar-refractivity contribution in [3.8, 4) is 0 Å². The van der Waals surface area contributed by atoms with E-state index in [0.717, 1.165) is 40.4 Å². The van der Waals surface area contributed by atoms with Crippen LogP contribution in [0.15, 0.2) is 47.5 Å². The van der Waals surface area contributed by atoms with Crippen molar-refractivity contribution in [1.82, 2.24) is 9.88 Å². The number of hydrogen-bond acceptors (Lipinski definition) is 5. The molecule has 32 heavy (non-hydrogen) atoms. The molecule has 0 spiro atoms. The van der Waals surface area contributed by atoms with E-state index in [1.165, 1.54) is 4.90 Å². The zero-order valence-corrected chi connectivity index (χ0v) is 18.7. The number of imide groups is 1. The topological polar surface area (TPSA) is 87.7 Å². The van der Waals surface area contributed by atoms with Crippen LogP contribution in [0.5, 0.6) is 0 Å². The molecule has 1 aromatic heterocycles. The number of pyridine rings is 1. The number of alkyl halides is 3. The molecular weight excluding hydrogens is 447 g/mol. The second kappa shape index (κ2) is 7.88. The molecule has 1 fully saturated rings. The first kappa shape index (κ1) is 23.7. The third-order valence-corrected chi connectivity index (χ3v) is 6.81. The van der Waals surface area contributed by atoms with Gasteiger partial charge in [0.05, 0.1) is 10.6 Å². The lowest BCUT2D eigenvalue weighted by atomic mass is 10.0. The second-order valence-corrected chi connectivity index (χ2v) is 10.2. The molecule has 1 saturated heterocycles. The van der Waals surface area contributed by atoms with Crippen molar-refractivity contribution in [2.24, 2.45) is 0 Å². The van der Waals surface area contributed by atoms with Gasteiger partial charge in [-0.05, 0) is 61.7 Å². The number of hydrogen-bond donors (Lipinski definition) is 0. The molecule has 0 aliphatic carbocycles. The summed E-state index contributed by atoms with van der Waals surface area (Å²) in [5.74, 6) is -0.408. The maximum atomic E-state index is 13.1. The van der Waals surface area contributed by atoms with Crippen LogP contribution < -0.4 is 4.90 Å². The normalized spacial score (nSPS) is 16.9. The van der Waals surface area contributed by atoms with Crippen molar-refractivity contribution in [3.05, 3.63) is 53.9 Å². The van der Waals surface area contributed by atoms with Crippen molar-refractivity contribution < 1.29 is 31.2 Å². The van der Waals surface area contributed by atoms with E-state index in [4.69, 9.17) is 0 Å². The Balaban J connectivity index is 1.92. The SMILES string of the molecule is CC(C)c1cc(CN2C(=O)N(c3ccc(S(=O)(=O)C(F)(F)F)cc3)C(=O)C2(C)C)ccn1. The molecule has 1 aliphatic heterocycles. The Kier molecular flexibility index (Phi) is 5.83. The maximum absolute atomic E-state index is 13.1. The van der Waals surface area contributed by atoms with Gasteiger partial charge < -0.3 is 4.90 Å². The van der Waals surface area contributed by atoms with Crippen LogP contribution in [0, 0.1) is 0 Å². The summed E-state index contributed by atoms with van der Waals surface area (Å²) >= 11 is 0. The number of amides is 3. The summed E-state index contributed by atoms with van der Waals surface area (Å²) < 4.78 is 61.4. The van der Waals surface area contributed by atoms with Gasteiger partial charge in [-0.1, -0.05) is 13.8 Å². The fourth-order valence-electron chi connectivity index (χ4n) is 3.33. The number of sulfone groups is 1. The van der Waals surface area contributed by atoms with Crippen LogP contribution in [-0.4, -0.2) is 41.3 Å². The van der Waals surface area contributed by atoms with Crippen LogP contribution in [0.1, 0.15) is 44.9 Å². The van der Waals surface area contributed by atoms with Crippen molar-refractivity contribution in [2.45, 2.75) is 56.1 Å². The predicted molar refractivity (Wildman–Crippen MR) is 111 cm³/mol. The molecule has 0 radical (unpaired) electrons. The lowest BCUT2D eigenvalue weighted by molar-refractivity contribution is -0.123. The van der Waals surface area contributed by atoms with Crippen LogP contribution in [0.4, 0.5) is 23.7 Å². The Hall–Kier alpha value is -2.95. The molecule has 0 saturated carbocycles. The summed E-state index contributed by atoms with van der Waals surface area (Å²) in [4.78, 5) is 31.6. The zero-order chi connectivity index (χ0) is 24.1. The van der Waals surface area contributed by atoms with Crippen LogP contribution in [0.2, 0.25) is 0 Å². The van der Waals surface area contributed by atoms with Gasteiger partial charge in [0, 0.05) is 18.4 Å². The van der Waals surface area contributed by atoms with Gasteiger partial charge >= 0.3 is 11.5 Å². The molecule has 1 aromatic carbocycles. The molecule has 3 rings (SSSR count). The second-order valence-electron chi connectivity index (χ2n) is 8.26. The number of urea groups is 1. The molecule has 2 aromatic rings. The van der Waals surface area contributed by atoms with Crippen molar-refractivity contribution in [2.75, 3.05) is 4.90 Å². The van der Waals surface area contributed by atoms with E-state index in [-0.39, 0.29) is 18.2 Å². The van der Waals surface area contributed by atoms with Gasteiger partial charge in [0.25, 0.3) is 15.7 Å². The monoisotopic (exact) mass is 469 g/mol. The fourth-order valence-corrected chi connectivity index (χ4v) is 4.09. The van der Waals surface area contributed by atoms with Crippen molar-refractivity contribution in [1.29, 1.82) is 0 Å². The lowest BCUT2D eigenvalue weighted by Crippen LogP contribution is -2.43. The molecule has 0 bridgehead atoms. The van der Waals surface area contributed by atoms with Crippen molar-refractivity contribution >= 4 is 27.5 Å². The Morgan fingerprint density at radius 1 is 1.06 bits per heavy atom. The summed E-state index contributed by atoms with van der Waals surface area (Å²) in [6.45, 7) is 7.22. The van der Waals surface area contributed by atoms with Crippen LogP contribution in [0.3, 0.4) is 0 Å². The van der Waals surface area contributed by atoms with Gasteiger partial charge in [-0.25, -0.2) is 18.1 Å². The van der Waals surface area contributed by atoms with Gasteiger partial charge in [0.1, 0.15) is 5.54 Å². The molecule has 11 heteroatoms. The number of aromatic nitrogens is 1. The number of rotatable bonds is 5. The predicted octanol–water partition coefficient (Wildman–Crippen LogP) is 4.25. The number of carbonyl (C=O) groups is 2. The number of benzene rings is 1. The summed E-state index contributed by atoms with van der Waals surface area (Å²) in [5.41, 5.74) is -5.10. The standard InChI is InChI=1S/C21H22F3N3O4S/c1-13(2)17-11-14(9-10-25-17)12-26-19(29)27(18(28)20(26,3)4)15-5-7-16(8-6-15)32(30,31)21(22,23)24/h5-11,13H,12H2,1-4H3. The van der Waals surface area contributed by atoms with Gasteiger partial charge in [-0.2, -0.15) is 13.2 Å². The average Bonchev–Trinajstić information content (AvgIpc) is 2.87. The van der Waals surface area contributed by atoms with Crippen LogP contribution >= 0.6 is 0 Å². The molecule has 2 heterocycles. The number of anilines is 1. The first-order valence-corrected chi connectivity index (χ1v) is 11.2. The molecular formula is C21H22F3N3O4S. The van der Waals surface area contributed by atoms with Gasteiger partial charge in [0.2, 0.25) is 0 Å². The van der Waals surface area contributed by atoms with E-state index >= 15 is 0 Å². The minimum atomic E-state index is -5.53. The highest BCUT2D eigenvalue weighted by molar-refractivity contribution is 7.92. The van der Waals surface area contributed by atoms with E-state index in [0.29, 0.717) is 0 Å². The third-order valence-electron chi connectivity index (χ3n) is 5.31. The third kappa shape index (κ3) is 3.96.